The number of para-hydroxylation sites is 1. The molecule has 0 spiro atoms. The van der Waals surface area contributed by atoms with Crippen molar-refractivity contribution in [1.82, 2.24) is 0 Å². The first-order chi connectivity index (χ1) is 11.7. The molecule has 2 rings (SSSR count). The third-order valence-electron chi connectivity index (χ3n) is 3.26. The summed E-state index contributed by atoms with van der Waals surface area (Å²) in [6, 6.07) is 13.7. The molecule has 0 heterocycles. The molecule has 0 radical (unpaired) electrons. The number of nitrogens with one attached hydrogen (secondary N) is 1. The Bertz CT molecular complexity index is 660. The zero-order valence-corrected chi connectivity index (χ0v) is 15.7. The maximum Gasteiger partial charge on any atom is 0.175 e. The fourth-order valence-electron chi connectivity index (χ4n) is 2.08. The van der Waals surface area contributed by atoms with Gasteiger partial charge in [-0.15, -0.1) is 0 Å². The molecule has 0 unspecified atom stereocenters. The van der Waals surface area contributed by atoms with Crippen molar-refractivity contribution in [2.75, 3.05) is 18.6 Å². The van der Waals surface area contributed by atoms with Crippen molar-refractivity contribution in [1.29, 1.82) is 0 Å². The molecule has 0 bridgehead atoms. The predicted molar refractivity (Wildman–Crippen MR) is 103 cm³/mol. The van der Waals surface area contributed by atoms with Gasteiger partial charge in [-0.2, -0.15) is 5.10 Å². The average Bonchev–Trinajstić information content (AvgIpc) is 2.58. The number of halogens is 1. The largest absolute Gasteiger partial charge is 0.490 e. The fraction of sp³-hybridized carbons (Fsp3) is 0.316. The molecule has 128 valence electrons. The smallest absolute Gasteiger partial charge is 0.175 e. The van der Waals surface area contributed by atoms with Gasteiger partial charge in [0.25, 0.3) is 0 Å². The fourth-order valence-corrected chi connectivity index (χ4v) is 2.65. The third-order valence-corrected chi connectivity index (χ3v) is 3.85. The number of rotatable bonds is 9. The van der Waals surface area contributed by atoms with Gasteiger partial charge in [0.1, 0.15) is 0 Å². The van der Waals surface area contributed by atoms with Gasteiger partial charge in [0.15, 0.2) is 11.5 Å². The van der Waals surface area contributed by atoms with E-state index < -0.39 is 0 Å². The molecule has 0 atom stereocenters. The monoisotopic (exact) mass is 390 g/mol. The number of benzene rings is 2. The molecule has 24 heavy (non-hydrogen) atoms. The van der Waals surface area contributed by atoms with Gasteiger partial charge in [-0.05, 0) is 59.1 Å². The lowest BCUT2D eigenvalue weighted by atomic mass is 10.2. The van der Waals surface area contributed by atoms with E-state index in [1.807, 2.05) is 49.4 Å². The summed E-state index contributed by atoms with van der Waals surface area (Å²) in [5.41, 5.74) is 4.87. The van der Waals surface area contributed by atoms with Crippen LogP contribution in [0, 0.1) is 0 Å². The molecule has 0 aromatic heterocycles. The highest BCUT2D eigenvalue weighted by atomic mass is 79.9. The molecule has 5 heteroatoms. The van der Waals surface area contributed by atoms with Crippen LogP contribution in [0.2, 0.25) is 0 Å². The number of hydrogen-bond acceptors (Lipinski definition) is 4. The van der Waals surface area contributed by atoms with Gasteiger partial charge in [0, 0.05) is 0 Å². The Labute approximate surface area is 152 Å². The molecule has 0 fully saturated rings. The highest BCUT2D eigenvalue weighted by Crippen LogP contribution is 2.36. The Hall–Kier alpha value is -2.01. The number of hydrogen-bond donors (Lipinski definition) is 1. The van der Waals surface area contributed by atoms with Crippen LogP contribution in [-0.2, 0) is 0 Å². The summed E-state index contributed by atoms with van der Waals surface area (Å²) in [5, 5.41) is 4.27. The second-order valence-corrected chi connectivity index (χ2v) is 6.06. The van der Waals surface area contributed by atoms with Crippen molar-refractivity contribution in [2.45, 2.75) is 26.7 Å². The van der Waals surface area contributed by atoms with E-state index in [2.05, 4.69) is 33.4 Å². The summed E-state index contributed by atoms with van der Waals surface area (Å²) >= 11 is 3.57. The van der Waals surface area contributed by atoms with Crippen molar-refractivity contribution in [3.05, 3.63) is 52.5 Å². The summed E-state index contributed by atoms with van der Waals surface area (Å²) in [5.74, 6) is 1.47. The molecule has 1 N–H and O–H groups in total. The topological polar surface area (TPSA) is 42.8 Å². The molecule has 0 aliphatic rings. The van der Waals surface area contributed by atoms with E-state index in [1.54, 1.807) is 6.21 Å². The van der Waals surface area contributed by atoms with Crippen LogP contribution in [0.5, 0.6) is 11.5 Å². The minimum absolute atomic E-state index is 0.583. The standard InChI is InChI=1S/C19H23BrN2O2/c1-3-5-11-24-19-17(20)12-15(13-18(19)23-4-2)14-21-22-16-9-7-6-8-10-16/h6-10,12-14,22H,3-5,11H2,1-2H3. The molecular formula is C19H23BrN2O2. The Balaban J connectivity index is 2.12. The minimum Gasteiger partial charge on any atom is -0.490 e. The van der Waals surface area contributed by atoms with Crippen LogP contribution in [0.25, 0.3) is 0 Å². The molecule has 4 nitrogen and oxygen atoms in total. The summed E-state index contributed by atoms with van der Waals surface area (Å²) < 4.78 is 12.4. The molecular weight excluding hydrogens is 368 g/mol. The van der Waals surface area contributed by atoms with Crippen molar-refractivity contribution in [2.24, 2.45) is 5.10 Å². The van der Waals surface area contributed by atoms with E-state index in [4.69, 9.17) is 9.47 Å². The second kappa shape index (κ2) is 9.98. The van der Waals surface area contributed by atoms with E-state index in [0.29, 0.717) is 13.2 Å². The number of nitrogens with zero attached hydrogens (tertiary/aromatic N) is 1. The Morgan fingerprint density at radius 1 is 1.12 bits per heavy atom. The molecule has 2 aromatic rings. The quantitative estimate of drug-likeness (QED) is 0.350. The van der Waals surface area contributed by atoms with E-state index in [-0.39, 0.29) is 0 Å². The van der Waals surface area contributed by atoms with Crippen LogP contribution < -0.4 is 14.9 Å². The van der Waals surface area contributed by atoms with Gasteiger partial charge in [-0.1, -0.05) is 31.5 Å². The van der Waals surface area contributed by atoms with E-state index in [9.17, 15) is 0 Å². The normalized spacial score (nSPS) is 10.8. The summed E-state index contributed by atoms with van der Waals surface area (Å²) in [7, 11) is 0. The lowest BCUT2D eigenvalue weighted by Gasteiger charge is -2.14. The predicted octanol–water partition coefficient (Wildman–Crippen LogP) is 5.47. The van der Waals surface area contributed by atoms with Gasteiger partial charge >= 0.3 is 0 Å². The van der Waals surface area contributed by atoms with Gasteiger partial charge in [0.2, 0.25) is 0 Å². The van der Waals surface area contributed by atoms with Gasteiger partial charge in [-0.25, -0.2) is 0 Å². The van der Waals surface area contributed by atoms with Crippen LogP contribution in [0.15, 0.2) is 52.0 Å². The van der Waals surface area contributed by atoms with Crippen molar-refractivity contribution < 1.29 is 9.47 Å². The van der Waals surface area contributed by atoms with Crippen LogP contribution in [-0.4, -0.2) is 19.4 Å². The van der Waals surface area contributed by atoms with E-state index in [1.165, 1.54) is 0 Å². The lowest BCUT2D eigenvalue weighted by molar-refractivity contribution is 0.271. The molecule has 0 aliphatic heterocycles. The van der Waals surface area contributed by atoms with Crippen LogP contribution >= 0.6 is 15.9 Å². The van der Waals surface area contributed by atoms with Crippen LogP contribution in [0.4, 0.5) is 5.69 Å². The summed E-state index contributed by atoms with van der Waals surface area (Å²) in [6.07, 6.45) is 3.87. The first kappa shape index (κ1) is 18.3. The van der Waals surface area contributed by atoms with E-state index in [0.717, 1.165) is 40.1 Å². The zero-order chi connectivity index (χ0) is 17.2. The molecule has 0 aliphatic carbocycles. The SMILES string of the molecule is CCCCOc1c(Br)cc(C=NNc2ccccc2)cc1OCC. The van der Waals surface area contributed by atoms with Crippen molar-refractivity contribution in [3.63, 3.8) is 0 Å². The Morgan fingerprint density at radius 3 is 2.62 bits per heavy atom. The number of ether oxygens (including phenoxy) is 2. The Kier molecular flexibility index (Phi) is 7.62. The molecule has 0 saturated carbocycles. The first-order valence-corrected chi connectivity index (χ1v) is 8.97. The van der Waals surface area contributed by atoms with Gasteiger partial charge in [0.05, 0.1) is 29.6 Å². The molecule has 0 saturated heterocycles. The number of anilines is 1. The Morgan fingerprint density at radius 2 is 1.92 bits per heavy atom. The third kappa shape index (κ3) is 5.57. The molecule has 0 amide bonds. The highest BCUT2D eigenvalue weighted by Gasteiger charge is 2.11. The first-order valence-electron chi connectivity index (χ1n) is 8.17. The van der Waals surface area contributed by atoms with Crippen LogP contribution in [0.3, 0.4) is 0 Å². The maximum absolute atomic E-state index is 5.86. The summed E-state index contributed by atoms with van der Waals surface area (Å²) in [4.78, 5) is 0. The highest BCUT2D eigenvalue weighted by molar-refractivity contribution is 9.10. The second-order valence-electron chi connectivity index (χ2n) is 5.20. The van der Waals surface area contributed by atoms with Crippen molar-refractivity contribution >= 4 is 27.8 Å². The number of unbranched alkanes of at least 4 members (excludes halogenated alkanes) is 1. The lowest BCUT2D eigenvalue weighted by Crippen LogP contribution is -2.02. The van der Waals surface area contributed by atoms with Gasteiger partial charge < -0.3 is 9.47 Å². The molecule has 2 aromatic carbocycles. The summed E-state index contributed by atoms with van der Waals surface area (Å²) in [6.45, 7) is 5.36. The number of hydrazone groups is 1. The maximum atomic E-state index is 5.86. The van der Waals surface area contributed by atoms with Crippen molar-refractivity contribution in [3.8, 4) is 11.5 Å². The zero-order valence-electron chi connectivity index (χ0n) is 14.1. The van der Waals surface area contributed by atoms with Crippen LogP contribution in [0.1, 0.15) is 32.3 Å². The van der Waals surface area contributed by atoms with E-state index >= 15 is 0 Å². The van der Waals surface area contributed by atoms with Gasteiger partial charge in [-0.3, -0.25) is 5.43 Å². The average molecular weight is 391 g/mol. The minimum atomic E-state index is 0.583.